The summed E-state index contributed by atoms with van der Waals surface area (Å²) in [6.45, 7) is 8.48. The Labute approximate surface area is 285 Å². The molecule has 2 atom stereocenters. The zero-order valence-corrected chi connectivity index (χ0v) is 30.2. The number of rotatable bonds is 11. The van der Waals surface area contributed by atoms with Crippen LogP contribution in [0, 0.1) is 0 Å². The first-order chi connectivity index (χ1) is 22.2. The minimum Gasteiger partial charge on any atom is -0.286 e. The lowest BCUT2D eigenvalue weighted by molar-refractivity contribution is -0.438. The van der Waals surface area contributed by atoms with E-state index in [4.69, 9.17) is 5.26 Å². The van der Waals surface area contributed by atoms with Gasteiger partial charge < -0.3 is 0 Å². The van der Waals surface area contributed by atoms with E-state index in [1.807, 2.05) is 45.9 Å². The van der Waals surface area contributed by atoms with Gasteiger partial charge in [-0.05, 0) is 64.5 Å². The second kappa shape index (κ2) is 12.7. The Bertz CT molecular complexity index is 2070. The zero-order valence-electron chi connectivity index (χ0n) is 26.9. The zero-order chi connectivity index (χ0) is 35.5. The van der Waals surface area contributed by atoms with Crippen molar-refractivity contribution in [3.05, 3.63) is 71.5 Å². The normalized spacial score (nSPS) is 24.2. The smallest absolute Gasteiger partial charge is 0.286 e. The summed E-state index contributed by atoms with van der Waals surface area (Å²) in [6.07, 6.45) is 6.84. The molecule has 4 N–H and O–H groups in total. The molecule has 0 saturated carbocycles. The summed E-state index contributed by atoms with van der Waals surface area (Å²) in [5, 5.41) is 7.79. The second-order valence-corrected chi connectivity index (χ2v) is 18.7. The van der Waals surface area contributed by atoms with Crippen LogP contribution in [0.4, 0.5) is 11.4 Å². The molecule has 3 aliphatic rings. The maximum atomic E-state index is 12.9. The maximum Gasteiger partial charge on any atom is 0.320 e. The Morgan fingerprint density at radius 3 is 2.29 bits per heavy atom. The van der Waals surface area contributed by atoms with E-state index < -0.39 is 46.6 Å². The quantitative estimate of drug-likeness (QED) is 0.0446. The van der Waals surface area contributed by atoms with Crippen molar-refractivity contribution < 1.29 is 53.1 Å². The molecule has 3 heterocycles. The van der Waals surface area contributed by atoms with Crippen LogP contribution in [-0.2, 0) is 45.5 Å². The number of nitrogens with zero attached hydrogens (tertiary/aromatic N) is 2. The van der Waals surface area contributed by atoms with Crippen molar-refractivity contribution in [2.75, 3.05) is 18.8 Å². The fourth-order valence-corrected chi connectivity index (χ4v) is 10.4. The predicted octanol–water partition coefficient (Wildman–Crippen LogP) is 5.22. The number of fused-ring (bicyclic) bond motifs is 3. The van der Waals surface area contributed by atoms with Crippen molar-refractivity contribution in [3.8, 4) is 0 Å². The monoisotopic (exact) mass is 744 g/mol. The molecule has 262 valence electrons. The summed E-state index contributed by atoms with van der Waals surface area (Å²) >= 11 is 0.793. The van der Waals surface area contributed by atoms with E-state index in [-0.39, 0.29) is 28.0 Å². The maximum absolute atomic E-state index is 12.9. The summed E-state index contributed by atoms with van der Waals surface area (Å²) < 4.78 is 108. The molecule has 17 heteroatoms. The van der Waals surface area contributed by atoms with Gasteiger partial charge in [0.25, 0.3) is 20.2 Å². The molecule has 1 spiro atoms. The highest BCUT2D eigenvalue weighted by molar-refractivity contribution is 7.94. The number of allylic oxidation sites excluding steroid dienone is 4. The molecule has 0 aliphatic carbocycles. The number of quaternary nitrogens is 1. The van der Waals surface area contributed by atoms with E-state index in [1.165, 1.54) is 18.2 Å². The van der Waals surface area contributed by atoms with Gasteiger partial charge in [-0.1, -0.05) is 6.08 Å². The van der Waals surface area contributed by atoms with Gasteiger partial charge in [0.15, 0.2) is 5.71 Å². The van der Waals surface area contributed by atoms with Gasteiger partial charge in [0, 0.05) is 53.5 Å². The van der Waals surface area contributed by atoms with Crippen molar-refractivity contribution in [1.82, 2.24) is 4.48 Å². The SMILES string of the molecule is CC1(C)C(C=C/C=C2\C(C)(C)c3cc(S(=O)(=O)O)ccc3[N+]23CCCC3S(=O)(=O)O)=[N+](CCCCS(=O)(=O)O)c2ccc(SOO)cc21. The lowest BCUT2D eigenvalue weighted by atomic mass is 9.81. The largest absolute Gasteiger partial charge is 0.320 e. The van der Waals surface area contributed by atoms with Gasteiger partial charge >= 0.3 is 10.1 Å². The van der Waals surface area contributed by atoms with E-state index in [0.29, 0.717) is 47.8 Å². The third kappa shape index (κ3) is 6.57. The third-order valence-corrected chi connectivity index (χ3v) is 13.2. The minimum absolute atomic E-state index is 0.185. The Hall–Kier alpha value is -2.45. The summed E-state index contributed by atoms with van der Waals surface area (Å²) in [4.78, 5) is 0.344. The first kappa shape index (κ1) is 36.8. The highest BCUT2D eigenvalue weighted by Crippen LogP contribution is 2.57. The van der Waals surface area contributed by atoms with E-state index in [1.54, 1.807) is 18.2 Å². The number of hydrogen-bond acceptors (Lipinski definition) is 9. The van der Waals surface area contributed by atoms with Crippen LogP contribution in [0.1, 0.15) is 64.5 Å². The van der Waals surface area contributed by atoms with E-state index >= 15 is 0 Å². The Morgan fingerprint density at radius 1 is 0.958 bits per heavy atom. The number of hydrogen-bond donors (Lipinski definition) is 4. The topological polar surface area (TPSA) is 196 Å². The summed E-state index contributed by atoms with van der Waals surface area (Å²) in [5.41, 5.74) is 2.79. The first-order valence-corrected chi connectivity index (χ1v) is 20.5. The predicted molar refractivity (Wildman–Crippen MR) is 182 cm³/mol. The fourth-order valence-electron chi connectivity index (χ4n) is 7.71. The molecule has 0 aromatic heterocycles. The van der Waals surface area contributed by atoms with Gasteiger partial charge in [0.05, 0.1) is 40.1 Å². The lowest BCUT2D eigenvalue weighted by Gasteiger charge is -2.37. The highest BCUT2D eigenvalue weighted by atomic mass is 32.2. The van der Waals surface area contributed by atoms with Crippen LogP contribution >= 0.6 is 12.0 Å². The molecule has 0 bridgehead atoms. The van der Waals surface area contributed by atoms with Crippen LogP contribution in [-0.4, -0.2) is 78.7 Å². The summed E-state index contributed by atoms with van der Waals surface area (Å²) in [5.74, 6) is -0.373. The molecule has 2 unspecified atom stereocenters. The molecule has 2 aromatic carbocycles. The van der Waals surface area contributed by atoms with Crippen LogP contribution in [0.15, 0.2) is 70.1 Å². The molecule has 5 rings (SSSR count). The molecule has 3 aliphatic heterocycles. The summed E-state index contributed by atoms with van der Waals surface area (Å²) in [7, 11) is -13.2. The molecule has 13 nitrogen and oxygen atoms in total. The van der Waals surface area contributed by atoms with Crippen LogP contribution < -0.4 is 4.48 Å². The molecule has 0 amide bonds. The Morgan fingerprint density at radius 2 is 1.67 bits per heavy atom. The van der Waals surface area contributed by atoms with Crippen molar-refractivity contribution in [1.29, 1.82) is 0 Å². The van der Waals surface area contributed by atoms with Gasteiger partial charge in [-0.3, -0.25) is 13.7 Å². The van der Waals surface area contributed by atoms with Crippen molar-refractivity contribution in [2.24, 2.45) is 0 Å². The fraction of sp³-hybridized carbons (Fsp3) is 0.452. The molecular formula is C31H40N2O11S4+2. The standard InChI is InChI=1S/C31H38N2O11S4/c1-30(2)23-19-21(45-44-34)12-14-25(23)32(16-5-6-18-46(35,36)37)27(30)9-7-10-28-31(3,4)24-20-22(47(38,39)40)13-15-26(24)33(28)17-8-11-29(33)48(41,42)43/h7,9-10,12-15,19-20,29H,5-6,8,11,16-18H2,1-4H3,(H2-2,34,35,36,37,38,39,40,41,42,43)/p+2/b9-7?,28-10+. The van der Waals surface area contributed by atoms with E-state index in [2.05, 4.69) is 8.91 Å². The van der Waals surface area contributed by atoms with Gasteiger partial charge in [0.1, 0.15) is 17.9 Å². The van der Waals surface area contributed by atoms with Gasteiger partial charge in [-0.2, -0.15) is 34.2 Å². The molecule has 1 fully saturated rings. The average molecular weight is 745 g/mol. The third-order valence-electron chi connectivity index (χ3n) is 9.78. The molecule has 0 radical (unpaired) electrons. The van der Waals surface area contributed by atoms with Gasteiger partial charge in [-0.15, -0.1) is 0 Å². The van der Waals surface area contributed by atoms with Crippen molar-refractivity contribution in [3.63, 3.8) is 0 Å². The highest BCUT2D eigenvalue weighted by Gasteiger charge is 2.63. The molecule has 2 aromatic rings. The van der Waals surface area contributed by atoms with Gasteiger partial charge in [-0.25, -0.2) is 9.74 Å². The van der Waals surface area contributed by atoms with Gasteiger partial charge in [0.2, 0.25) is 11.1 Å². The Balaban J connectivity index is 1.65. The van der Waals surface area contributed by atoms with E-state index in [0.717, 1.165) is 29.0 Å². The Kier molecular flexibility index (Phi) is 9.75. The number of benzene rings is 2. The second-order valence-electron chi connectivity index (χ2n) is 13.4. The number of unbranched alkanes of at least 4 members (excludes halogenated alkanes) is 1. The van der Waals surface area contributed by atoms with Crippen LogP contribution in [0.5, 0.6) is 0 Å². The average Bonchev–Trinajstić information content (AvgIpc) is 3.56. The molecular weight excluding hydrogens is 705 g/mol. The van der Waals surface area contributed by atoms with Crippen LogP contribution in [0.2, 0.25) is 0 Å². The van der Waals surface area contributed by atoms with E-state index in [9.17, 15) is 38.9 Å². The minimum atomic E-state index is -4.56. The summed E-state index contributed by atoms with van der Waals surface area (Å²) in [6, 6.07) is 9.67. The first-order valence-electron chi connectivity index (χ1n) is 15.2. The lowest BCUT2D eigenvalue weighted by Crippen LogP contribution is -2.55. The van der Waals surface area contributed by atoms with Crippen molar-refractivity contribution >= 4 is 59.5 Å². The van der Waals surface area contributed by atoms with Crippen molar-refractivity contribution in [2.45, 2.75) is 79.4 Å². The molecule has 1 saturated heterocycles. The van der Waals surface area contributed by atoms with Crippen LogP contribution in [0.3, 0.4) is 0 Å². The molecule has 48 heavy (non-hydrogen) atoms. The van der Waals surface area contributed by atoms with Crippen LogP contribution in [0.25, 0.3) is 0 Å².